The van der Waals surface area contributed by atoms with Crippen LogP contribution in [0.5, 0.6) is 0 Å². The van der Waals surface area contributed by atoms with Gasteiger partial charge in [-0.3, -0.25) is 0 Å². The Morgan fingerprint density at radius 2 is 1.22 bits per heavy atom. The highest BCUT2D eigenvalue weighted by molar-refractivity contribution is 5.78. The molecule has 0 spiro atoms. The van der Waals surface area contributed by atoms with Crippen molar-refractivity contribution in [2.45, 2.75) is 129 Å². The molecular weight excluding hydrogens is 340 g/mol. The maximum atomic E-state index is 12.4. The van der Waals surface area contributed by atoms with Crippen LogP contribution >= 0.6 is 0 Å². The summed E-state index contributed by atoms with van der Waals surface area (Å²) in [4.78, 5) is 33.9. The van der Waals surface area contributed by atoms with Gasteiger partial charge in [0, 0.05) is 0 Å². The first-order chi connectivity index (χ1) is 13.1. The van der Waals surface area contributed by atoms with Crippen molar-refractivity contribution < 1.29 is 19.4 Å². The van der Waals surface area contributed by atoms with E-state index in [0.29, 0.717) is 6.42 Å². The SMILES string of the molecule is CCCCCCCCCC(=O)OOC(=O)C1(CCCCCCCC)CCC1. The number of carbonyl (C=O) groups is 2. The number of carbonyl (C=O) groups excluding carboxylic acids is 2. The third-order valence-electron chi connectivity index (χ3n) is 5.95. The molecule has 0 amide bonds. The maximum Gasteiger partial charge on any atom is 0.361 e. The minimum atomic E-state index is -0.411. The number of hydrogen-bond acceptors (Lipinski definition) is 4. The van der Waals surface area contributed by atoms with E-state index in [1.807, 2.05) is 0 Å². The van der Waals surface area contributed by atoms with Gasteiger partial charge in [-0.25, -0.2) is 19.4 Å². The molecule has 0 heterocycles. The van der Waals surface area contributed by atoms with E-state index < -0.39 is 5.97 Å². The molecule has 0 aromatic carbocycles. The van der Waals surface area contributed by atoms with Gasteiger partial charge in [0.15, 0.2) is 0 Å². The lowest BCUT2D eigenvalue weighted by Crippen LogP contribution is -2.39. The quantitative estimate of drug-likeness (QED) is 0.163. The fourth-order valence-corrected chi connectivity index (χ4v) is 3.84. The van der Waals surface area contributed by atoms with Crippen molar-refractivity contribution in [3.8, 4) is 0 Å². The van der Waals surface area contributed by atoms with E-state index in [1.54, 1.807) is 0 Å². The third-order valence-corrected chi connectivity index (χ3v) is 5.95. The molecule has 4 heteroatoms. The third kappa shape index (κ3) is 10.2. The lowest BCUT2D eigenvalue weighted by molar-refractivity contribution is -0.270. The van der Waals surface area contributed by atoms with Crippen LogP contribution in [0.4, 0.5) is 0 Å². The molecule has 0 N–H and O–H groups in total. The lowest BCUT2D eigenvalue weighted by atomic mass is 9.66. The van der Waals surface area contributed by atoms with Gasteiger partial charge in [-0.05, 0) is 25.7 Å². The van der Waals surface area contributed by atoms with Gasteiger partial charge in [0.1, 0.15) is 0 Å². The minimum absolute atomic E-state index is 0.324. The Morgan fingerprint density at radius 1 is 0.704 bits per heavy atom. The molecule has 0 unspecified atom stereocenters. The van der Waals surface area contributed by atoms with Gasteiger partial charge in [0.05, 0.1) is 11.8 Å². The molecule has 1 rings (SSSR count). The van der Waals surface area contributed by atoms with Crippen molar-refractivity contribution >= 4 is 11.9 Å². The summed E-state index contributed by atoms with van der Waals surface area (Å²) in [6.45, 7) is 4.42. The van der Waals surface area contributed by atoms with Crippen LogP contribution in [-0.4, -0.2) is 11.9 Å². The summed E-state index contributed by atoms with van der Waals surface area (Å²) in [6.07, 6.45) is 19.4. The fraction of sp³-hybridized carbons (Fsp3) is 0.913. The summed E-state index contributed by atoms with van der Waals surface area (Å²) in [5, 5.41) is 0. The van der Waals surface area contributed by atoms with Crippen LogP contribution in [0.3, 0.4) is 0 Å². The molecule has 1 aliphatic rings. The van der Waals surface area contributed by atoms with Gasteiger partial charge in [-0.15, -0.1) is 0 Å². The first-order valence-electron chi connectivity index (χ1n) is 11.6. The summed E-state index contributed by atoms with van der Waals surface area (Å²) in [6, 6.07) is 0. The zero-order valence-electron chi connectivity index (χ0n) is 17.9. The fourth-order valence-electron chi connectivity index (χ4n) is 3.84. The highest BCUT2D eigenvalue weighted by Crippen LogP contribution is 2.46. The molecule has 1 aliphatic carbocycles. The van der Waals surface area contributed by atoms with Crippen LogP contribution in [0, 0.1) is 5.41 Å². The Labute approximate surface area is 166 Å². The van der Waals surface area contributed by atoms with Crippen molar-refractivity contribution in [1.82, 2.24) is 0 Å². The monoisotopic (exact) mass is 382 g/mol. The van der Waals surface area contributed by atoms with Crippen LogP contribution in [0.15, 0.2) is 0 Å². The molecule has 0 aliphatic heterocycles. The van der Waals surface area contributed by atoms with Crippen LogP contribution in [0.25, 0.3) is 0 Å². The zero-order valence-corrected chi connectivity index (χ0v) is 17.9. The predicted molar refractivity (Wildman–Crippen MR) is 109 cm³/mol. The molecule has 0 saturated heterocycles. The van der Waals surface area contributed by atoms with Gasteiger partial charge in [-0.1, -0.05) is 97.3 Å². The average molecular weight is 383 g/mol. The molecule has 27 heavy (non-hydrogen) atoms. The average Bonchev–Trinajstić information content (AvgIpc) is 2.63. The molecule has 0 radical (unpaired) electrons. The molecular formula is C23H42O4. The molecule has 0 aromatic rings. The van der Waals surface area contributed by atoms with Gasteiger partial charge in [0.2, 0.25) is 0 Å². The Hall–Kier alpha value is -1.06. The summed E-state index contributed by atoms with van der Waals surface area (Å²) in [7, 11) is 0. The summed E-state index contributed by atoms with van der Waals surface area (Å²) in [5.41, 5.74) is -0.385. The summed E-state index contributed by atoms with van der Waals surface area (Å²) in [5.74, 6) is -0.735. The van der Waals surface area contributed by atoms with Gasteiger partial charge in [0.25, 0.3) is 0 Å². The Bertz CT molecular complexity index is 401. The van der Waals surface area contributed by atoms with Crippen LogP contribution in [-0.2, 0) is 19.4 Å². The van der Waals surface area contributed by atoms with E-state index in [4.69, 9.17) is 9.78 Å². The maximum absolute atomic E-state index is 12.4. The zero-order chi connectivity index (χ0) is 19.8. The number of rotatable bonds is 16. The van der Waals surface area contributed by atoms with Crippen molar-refractivity contribution in [2.75, 3.05) is 0 Å². The topological polar surface area (TPSA) is 52.6 Å². The molecule has 4 nitrogen and oxygen atoms in total. The first-order valence-corrected chi connectivity index (χ1v) is 11.6. The van der Waals surface area contributed by atoms with Crippen molar-refractivity contribution in [3.05, 3.63) is 0 Å². The minimum Gasteiger partial charge on any atom is -0.247 e. The van der Waals surface area contributed by atoms with E-state index in [0.717, 1.165) is 51.4 Å². The van der Waals surface area contributed by atoms with E-state index in [-0.39, 0.29) is 11.4 Å². The number of unbranched alkanes of at least 4 members (excludes halogenated alkanes) is 11. The molecule has 1 saturated carbocycles. The Morgan fingerprint density at radius 3 is 1.74 bits per heavy atom. The van der Waals surface area contributed by atoms with Crippen LogP contribution < -0.4 is 0 Å². The second-order valence-electron chi connectivity index (χ2n) is 8.35. The van der Waals surface area contributed by atoms with Crippen molar-refractivity contribution in [3.63, 3.8) is 0 Å². The number of hydrogen-bond donors (Lipinski definition) is 0. The van der Waals surface area contributed by atoms with Crippen molar-refractivity contribution in [1.29, 1.82) is 0 Å². The van der Waals surface area contributed by atoms with E-state index in [2.05, 4.69) is 13.8 Å². The molecule has 0 atom stereocenters. The predicted octanol–water partition coefficient (Wildman–Crippen LogP) is 7.05. The van der Waals surface area contributed by atoms with Crippen LogP contribution in [0.2, 0.25) is 0 Å². The van der Waals surface area contributed by atoms with Gasteiger partial charge >= 0.3 is 11.9 Å². The van der Waals surface area contributed by atoms with Crippen LogP contribution in [0.1, 0.15) is 129 Å². The highest BCUT2D eigenvalue weighted by Gasteiger charge is 2.46. The molecule has 1 fully saturated rings. The highest BCUT2D eigenvalue weighted by atomic mass is 17.2. The van der Waals surface area contributed by atoms with E-state index >= 15 is 0 Å². The molecule has 158 valence electrons. The second kappa shape index (κ2) is 14.9. The summed E-state index contributed by atoms with van der Waals surface area (Å²) < 4.78 is 0. The Balaban J connectivity index is 2.11. The largest absolute Gasteiger partial charge is 0.361 e. The second-order valence-corrected chi connectivity index (χ2v) is 8.35. The summed E-state index contributed by atoms with van der Waals surface area (Å²) >= 11 is 0. The van der Waals surface area contributed by atoms with Gasteiger partial charge < -0.3 is 0 Å². The Kier molecular flexibility index (Phi) is 13.3. The molecule has 0 bridgehead atoms. The smallest absolute Gasteiger partial charge is 0.247 e. The normalized spacial score (nSPS) is 15.2. The first kappa shape index (κ1) is 24.0. The van der Waals surface area contributed by atoms with E-state index in [1.165, 1.54) is 57.8 Å². The lowest BCUT2D eigenvalue weighted by Gasteiger charge is -2.38. The van der Waals surface area contributed by atoms with E-state index in [9.17, 15) is 9.59 Å². The van der Waals surface area contributed by atoms with Gasteiger partial charge in [-0.2, -0.15) is 0 Å². The molecule has 0 aromatic heterocycles. The standard InChI is InChI=1S/C23H42O4/c1-3-5-7-9-11-12-14-17-21(24)26-27-22(25)23(19-16-20-23)18-15-13-10-8-6-4-2/h3-20H2,1-2H3. The van der Waals surface area contributed by atoms with Crippen molar-refractivity contribution in [2.24, 2.45) is 5.41 Å².